The van der Waals surface area contributed by atoms with Crippen LogP contribution in [-0.2, 0) is 5.33 Å². The van der Waals surface area contributed by atoms with Gasteiger partial charge in [0.25, 0.3) is 0 Å². The summed E-state index contributed by atoms with van der Waals surface area (Å²) in [5.41, 5.74) is 2.13. The van der Waals surface area contributed by atoms with Crippen LogP contribution >= 0.6 is 27.5 Å². The van der Waals surface area contributed by atoms with Crippen molar-refractivity contribution < 1.29 is 0 Å². The molecule has 0 saturated carbocycles. The van der Waals surface area contributed by atoms with Gasteiger partial charge < -0.3 is 0 Å². The topological polar surface area (TPSA) is 12.9 Å². The number of nitrogens with zero attached hydrogens (tertiary/aromatic N) is 1. The van der Waals surface area contributed by atoms with Crippen LogP contribution in [0, 0.1) is 6.92 Å². The molecule has 0 radical (unpaired) electrons. The van der Waals surface area contributed by atoms with Crippen molar-refractivity contribution in [2.75, 3.05) is 0 Å². The van der Waals surface area contributed by atoms with Gasteiger partial charge in [0.05, 0.1) is 5.69 Å². The number of aromatic nitrogens is 1. The summed E-state index contributed by atoms with van der Waals surface area (Å²) in [6.07, 6.45) is 0. The van der Waals surface area contributed by atoms with Crippen molar-refractivity contribution in [3.8, 4) is 0 Å². The lowest BCUT2D eigenvalue weighted by Crippen LogP contribution is -1.89. The van der Waals surface area contributed by atoms with E-state index in [0.29, 0.717) is 5.15 Å². The van der Waals surface area contributed by atoms with Crippen molar-refractivity contribution in [3.05, 3.63) is 40.7 Å². The predicted octanol–water partition coefficient (Wildman–Crippen LogP) is 4.09. The van der Waals surface area contributed by atoms with Crippen LogP contribution in [0.3, 0.4) is 0 Å². The van der Waals surface area contributed by atoms with E-state index < -0.39 is 0 Å². The van der Waals surface area contributed by atoms with E-state index in [1.807, 2.05) is 19.1 Å². The highest BCUT2D eigenvalue weighted by Crippen LogP contribution is 2.26. The fourth-order valence-electron chi connectivity index (χ4n) is 1.55. The summed E-state index contributed by atoms with van der Waals surface area (Å²) in [7, 11) is 0. The Bertz CT molecular complexity index is 482. The molecule has 3 heteroatoms. The van der Waals surface area contributed by atoms with E-state index in [4.69, 9.17) is 11.6 Å². The monoisotopic (exact) mass is 269 g/mol. The van der Waals surface area contributed by atoms with Gasteiger partial charge in [-0.25, -0.2) is 4.98 Å². The Kier molecular flexibility index (Phi) is 2.75. The molecule has 1 aromatic carbocycles. The molecule has 1 aromatic heterocycles. The third-order valence-corrected chi connectivity index (χ3v) is 3.06. The molecule has 2 rings (SSSR count). The van der Waals surface area contributed by atoms with E-state index in [1.54, 1.807) is 0 Å². The van der Waals surface area contributed by atoms with Gasteiger partial charge in [-0.3, -0.25) is 0 Å². The second kappa shape index (κ2) is 3.87. The van der Waals surface area contributed by atoms with Crippen LogP contribution in [0.2, 0.25) is 5.15 Å². The van der Waals surface area contributed by atoms with Gasteiger partial charge in [0, 0.05) is 10.7 Å². The van der Waals surface area contributed by atoms with Gasteiger partial charge >= 0.3 is 0 Å². The molecule has 0 atom stereocenters. The van der Waals surface area contributed by atoms with Crippen molar-refractivity contribution in [1.29, 1.82) is 0 Å². The first-order valence-electron chi connectivity index (χ1n) is 4.33. The van der Waals surface area contributed by atoms with Crippen LogP contribution in [-0.4, -0.2) is 4.98 Å². The molecule has 0 saturated heterocycles. The minimum Gasteiger partial charge on any atom is -0.240 e. The van der Waals surface area contributed by atoms with E-state index in [1.165, 1.54) is 5.56 Å². The molecule has 0 bridgehead atoms. The largest absolute Gasteiger partial charge is 0.240 e. The van der Waals surface area contributed by atoms with Crippen molar-refractivity contribution >= 4 is 38.3 Å². The second-order valence-corrected chi connectivity index (χ2v) is 4.13. The molecule has 1 nitrogen and oxygen atoms in total. The number of pyridine rings is 1. The lowest BCUT2D eigenvalue weighted by Gasteiger charge is -2.05. The molecule has 0 fully saturated rings. The molecule has 0 N–H and O–H groups in total. The van der Waals surface area contributed by atoms with Gasteiger partial charge in [-0.15, -0.1) is 0 Å². The molecule has 1 heterocycles. The first kappa shape index (κ1) is 9.94. The lowest BCUT2D eigenvalue weighted by molar-refractivity contribution is 1.20. The van der Waals surface area contributed by atoms with Crippen LogP contribution < -0.4 is 0 Å². The van der Waals surface area contributed by atoms with Crippen molar-refractivity contribution in [1.82, 2.24) is 4.98 Å². The molecule has 0 aliphatic carbocycles. The number of alkyl halides is 1. The zero-order valence-electron chi connectivity index (χ0n) is 7.72. The summed E-state index contributed by atoms with van der Waals surface area (Å²) >= 11 is 9.49. The predicted molar refractivity (Wildman–Crippen MR) is 64.1 cm³/mol. The molecule has 0 unspecified atom stereocenters. The molecule has 0 amide bonds. The molecule has 0 aliphatic rings. The van der Waals surface area contributed by atoms with Crippen molar-refractivity contribution in [2.24, 2.45) is 0 Å². The molecule has 0 aliphatic heterocycles. The van der Waals surface area contributed by atoms with E-state index in [0.717, 1.165) is 21.8 Å². The van der Waals surface area contributed by atoms with E-state index in [2.05, 4.69) is 33.0 Å². The smallest absolute Gasteiger partial charge is 0.137 e. The number of rotatable bonds is 1. The maximum atomic E-state index is 6.11. The first-order valence-corrected chi connectivity index (χ1v) is 5.83. The highest BCUT2D eigenvalue weighted by molar-refractivity contribution is 9.08. The first-order chi connectivity index (χ1) is 6.72. The maximum absolute atomic E-state index is 6.11. The Labute approximate surface area is 96.2 Å². The number of hydrogen-bond acceptors (Lipinski definition) is 1. The Morgan fingerprint density at radius 2 is 2.21 bits per heavy atom. The van der Waals surface area contributed by atoms with Crippen LogP contribution in [0.4, 0.5) is 0 Å². The van der Waals surface area contributed by atoms with Crippen LogP contribution in [0.15, 0.2) is 24.3 Å². The fourth-order valence-corrected chi connectivity index (χ4v) is 2.21. The molecule has 72 valence electrons. The van der Waals surface area contributed by atoms with Gasteiger partial charge in [0.2, 0.25) is 0 Å². The minimum atomic E-state index is 0.593. The normalized spacial score (nSPS) is 10.8. The van der Waals surface area contributed by atoms with Gasteiger partial charge in [0.15, 0.2) is 0 Å². The summed E-state index contributed by atoms with van der Waals surface area (Å²) in [5.74, 6) is 0. The van der Waals surface area contributed by atoms with Crippen LogP contribution in [0.1, 0.15) is 11.3 Å². The van der Waals surface area contributed by atoms with Gasteiger partial charge in [-0.1, -0.05) is 45.7 Å². The number of benzene rings is 1. The third kappa shape index (κ3) is 1.64. The number of aryl methyl sites for hydroxylation is 1. The van der Waals surface area contributed by atoms with E-state index in [-0.39, 0.29) is 0 Å². The lowest BCUT2D eigenvalue weighted by atomic mass is 10.1. The Hall–Kier alpha value is -0.600. The summed E-state index contributed by atoms with van der Waals surface area (Å²) < 4.78 is 0. The van der Waals surface area contributed by atoms with Crippen molar-refractivity contribution in [2.45, 2.75) is 12.3 Å². The Morgan fingerprint density at radius 1 is 1.43 bits per heavy atom. The molecule has 0 spiro atoms. The third-order valence-electron chi connectivity index (χ3n) is 2.21. The quantitative estimate of drug-likeness (QED) is 0.562. The summed E-state index contributed by atoms with van der Waals surface area (Å²) in [4.78, 5) is 4.30. The number of hydrogen-bond donors (Lipinski definition) is 0. The number of fused-ring (bicyclic) bond motifs is 1. The Morgan fingerprint density at radius 3 is 2.93 bits per heavy atom. The van der Waals surface area contributed by atoms with Crippen LogP contribution in [0.25, 0.3) is 10.8 Å². The van der Waals surface area contributed by atoms with E-state index in [9.17, 15) is 0 Å². The molecule has 14 heavy (non-hydrogen) atoms. The van der Waals surface area contributed by atoms with Gasteiger partial charge in [-0.2, -0.15) is 0 Å². The summed E-state index contributed by atoms with van der Waals surface area (Å²) in [5, 5.41) is 3.53. The molecular weight excluding hydrogens is 261 g/mol. The van der Waals surface area contributed by atoms with Gasteiger partial charge in [-0.05, 0) is 23.9 Å². The second-order valence-electron chi connectivity index (χ2n) is 3.21. The maximum Gasteiger partial charge on any atom is 0.137 e. The molecular formula is C11H9BrClN. The zero-order chi connectivity index (χ0) is 10.1. The average molecular weight is 271 g/mol. The van der Waals surface area contributed by atoms with E-state index >= 15 is 0 Å². The number of halogens is 2. The molecule has 2 aromatic rings. The van der Waals surface area contributed by atoms with Crippen molar-refractivity contribution in [3.63, 3.8) is 0 Å². The standard InChI is InChI=1S/C11H9BrClN/c1-7-3-2-4-8-5-9(6-12)14-11(13)10(7)8/h2-5H,6H2,1H3. The zero-order valence-corrected chi connectivity index (χ0v) is 10.1. The SMILES string of the molecule is Cc1cccc2cc(CBr)nc(Cl)c12. The highest BCUT2D eigenvalue weighted by Gasteiger charge is 2.05. The summed E-state index contributed by atoms with van der Waals surface area (Å²) in [6, 6.07) is 8.20. The fraction of sp³-hybridized carbons (Fsp3) is 0.182. The Balaban J connectivity index is 2.83. The van der Waals surface area contributed by atoms with Crippen LogP contribution in [0.5, 0.6) is 0 Å². The average Bonchev–Trinajstić information content (AvgIpc) is 2.17. The van der Waals surface area contributed by atoms with Gasteiger partial charge in [0.1, 0.15) is 5.15 Å². The minimum absolute atomic E-state index is 0.593. The highest BCUT2D eigenvalue weighted by atomic mass is 79.9. The summed E-state index contributed by atoms with van der Waals surface area (Å²) in [6.45, 7) is 2.05.